The van der Waals surface area contributed by atoms with Crippen LogP contribution in [-0.4, -0.2) is 59.2 Å². The lowest BCUT2D eigenvalue weighted by Crippen LogP contribution is -2.26. The number of carbonyl (C=O) groups is 1. The molecule has 0 spiro atoms. The first-order valence-electron chi connectivity index (χ1n) is 12.6. The number of pyridine rings is 1. The highest BCUT2D eigenvalue weighted by Gasteiger charge is 2.25. The number of ether oxygens (including phenoxy) is 2. The molecule has 39 heavy (non-hydrogen) atoms. The predicted octanol–water partition coefficient (Wildman–Crippen LogP) is 4.21. The summed E-state index contributed by atoms with van der Waals surface area (Å²) < 4.78 is 41.5. The van der Waals surface area contributed by atoms with E-state index in [1.54, 1.807) is 0 Å². The minimum absolute atomic E-state index is 0.00194. The number of halogens is 2. The van der Waals surface area contributed by atoms with Crippen molar-refractivity contribution in [3.8, 4) is 23.4 Å². The summed E-state index contributed by atoms with van der Waals surface area (Å²) in [6.07, 6.45) is 1.12. The Morgan fingerprint density at radius 2 is 2.08 bits per heavy atom. The van der Waals surface area contributed by atoms with Gasteiger partial charge in [0.05, 0.1) is 12.0 Å². The van der Waals surface area contributed by atoms with E-state index in [4.69, 9.17) is 14.0 Å². The minimum Gasteiger partial charge on any atom is -0.468 e. The molecule has 1 aliphatic rings. The number of nitriles is 1. The molecule has 0 saturated heterocycles. The van der Waals surface area contributed by atoms with Gasteiger partial charge in [0.25, 0.3) is 11.8 Å². The van der Waals surface area contributed by atoms with Crippen LogP contribution >= 0.6 is 0 Å². The van der Waals surface area contributed by atoms with Crippen LogP contribution in [0.1, 0.15) is 43.9 Å². The molecule has 2 aromatic heterocycles. The third-order valence-corrected chi connectivity index (χ3v) is 5.79. The number of anilines is 2. The molecule has 12 heteroatoms. The van der Waals surface area contributed by atoms with E-state index in [1.807, 2.05) is 43.9 Å². The topological polar surface area (TPSA) is 126 Å². The van der Waals surface area contributed by atoms with Crippen molar-refractivity contribution in [1.29, 1.82) is 5.26 Å². The van der Waals surface area contributed by atoms with Crippen LogP contribution in [0.25, 0.3) is 11.5 Å². The number of hydrogen-bond acceptors (Lipinski definition) is 10. The van der Waals surface area contributed by atoms with Crippen molar-refractivity contribution < 1.29 is 27.6 Å². The summed E-state index contributed by atoms with van der Waals surface area (Å²) in [5, 5.41) is 16.8. The molecular weight excluding hydrogens is 510 g/mol. The highest BCUT2D eigenvalue weighted by molar-refractivity contribution is 5.70. The molecule has 1 aromatic carbocycles. The smallest absolute Gasteiger partial charge is 0.307 e. The standard InChI is InChI=1S/C27H30F2N6O4/c1-27(2,3)38-23(36)6-8-31-15-17-4-5-22-18(10-17)7-9-35(22)26-33-25(39-34-26)20-11-19(14-30)24(32-16-20)37-21(12-28)13-29/h4-5,10-11,16,21,31H,6-9,12-13,15H2,1-3H3. The highest BCUT2D eigenvalue weighted by Crippen LogP contribution is 2.35. The predicted molar refractivity (Wildman–Crippen MR) is 138 cm³/mol. The summed E-state index contributed by atoms with van der Waals surface area (Å²) in [6, 6.07) is 9.45. The van der Waals surface area contributed by atoms with Gasteiger partial charge in [-0.2, -0.15) is 10.2 Å². The van der Waals surface area contributed by atoms with E-state index < -0.39 is 25.1 Å². The molecule has 3 heterocycles. The van der Waals surface area contributed by atoms with E-state index in [9.17, 15) is 18.8 Å². The zero-order valence-corrected chi connectivity index (χ0v) is 22.0. The van der Waals surface area contributed by atoms with Gasteiger partial charge in [-0.05, 0) is 55.6 Å². The Kier molecular flexibility index (Phi) is 8.71. The second kappa shape index (κ2) is 12.2. The Morgan fingerprint density at radius 1 is 1.28 bits per heavy atom. The van der Waals surface area contributed by atoms with Crippen LogP contribution in [0.5, 0.6) is 5.88 Å². The summed E-state index contributed by atoms with van der Waals surface area (Å²) in [4.78, 5) is 22.3. The summed E-state index contributed by atoms with van der Waals surface area (Å²) in [7, 11) is 0. The SMILES string of the molecule is CC(C)(C)OC(=O)CCNCc1ccc2c(c1)CCN2c1noc(-c2cnc(OC(CF)CF)c(C#N)c2)n1. The van der Waals surface area contributed by atoms with Crippen LogP contribution in [-0.2, 0) is 22.5 Å². The quantitative estimate of drug-likeness (QED) is 0.279. The lowest BCUT2D eigenvalue weighted by molar-refractivity contribution is -0.154. The van der Waals surface area contributed by atoms with Crippen molar-refractivity contribution in [3.05, 3.63) is 47.2 Å². The minimum atomic E-state index is -1.32. The molecule has 0 aliphatic carbocycles. The average molecular weight is 541 g/mol. The van der Waals surface area contributed by atoms with Crippen molar-refractivity contribution in [2.75, 3.05) is 31.3 Å². The zero-order valence-electron chi connectivity index (χ0n) is 22.0. The van der Waals surface area contributed by atoms with E-state index >= 15 is 0 Å². The van der Waals surface area contributed by atoms with Crippen molar-refractivity contribution in [1.82, 2.24) is 20.4 Å². The highest BCUT2D eigenvalue weighted by atomic mass is 19.1. The lowest BCUT2D eigenvalue weighted by atomic mass is 10.1. The van der Waals surface area contributed by atoms with Gasteiger partial charge in [0, 0.05) is 31.5 Å². The maximum absolute atomic E-state index is 12.8. The molecule has 0 saturated carbocycles. The maximum atomic E-state index is 12.8. The van der Waals surface area contributed by atoms with E-state index in [1.165, 1.54) is 12.3 Å². The second-order valence-corrected chi connectivity index (χ2v) is 10.0. The fraction of sp³-hybridized carbons (Fsp3) is 0.444. The lowest BCUT2D eigenvalue weighted by Gasteiger charge is -2.19. The van der Waals surface area contributed by atoms with E-state index in [0.29, 0.717) is 37.6 Å². The van der Waals surface area contributed by atoms with Crippen LogP contribution in [0.3, 0.4) is 0 Å². The van der Waals surface area contributed by atoms with Crippen molar-refractivity contribution in [2.45, 2.75) is 51.9 Å². The zero-order chi connectivity index (χ0) is 28.0. The molecule has 0 fully saturated rings. The van der Waals surface area contributed by atoms with E-state index in [-0.39, 0.29) is 23.3 Å². The number of fused-ring (bicyclic) bond motifs is 1. The summed E-state index contributed by atoms with van der Waals surface area (Å²) in [6.45, 7) is 5.25. The third kappa shape index (κ3) is 7.06. The monoisotopic (exact) mass is 540 g/mol. The second-order valence-electron chi connectivity index (χ2n) is 10.0. The van der Waals surface area contributed by atoms with Crippen molar-refractivity contribution in [3.63, 3.8) is 0 Å². The van der Waals surface area contributed by atoms with Gasteiger partial charge in [0.1, 0.15) is 30.6 Å². The molecule has 1 aliphatic heterocycles. The van der Waals surface area contributed by atoms with Crippen LogP contribution in [0.4, 0.5) is 20.4 Å². The van der Waals surface area contributed by atoms with Gasteiger partial charge in [-0.15, -0.1) is 0 Å². The summed E-state index contributed by atoms with van der Waals surface area (Å²) >= 11 is 0. The van der Waals surface area contributed by atoms with Gasteiger partial charge in [0.15, 0.2) is 6.10 Å². The molecule has 206 valence electrons. The van der Waals surface area contributed by atoms with Gasteiger partial charge in [-0.25, -0.2) is 13.8 Å². The Hall–Kier alpha value is -4.11. The van der Waals surface area contributed by atoms with Crippen LogP contribution in [0.2, 0.25) is 0 Å². The first kappa shape index (κ1) is 27.9. The van der Waals surface area contributed by atoms with Gasteiger partial charge in [-0.3, -0.25) is 4.79 Å². The molecular formula is C27H30F2N6O4. The molecule has 0 radical (unpaired) electrons. The fourth-order valence-corrected chi connectivity index (χ4v) is 4.04. The number of nitrogens with zero attached hydrogens (tertiary/aromatic N) is 5. The number of rotatable bonds is 11. The first-order valence-corrected chi connectivity index (χ1v) is 12.6. The Labute approximate surface area is 224 Å². The van der Waals surface area contributed by atoms with Gasteiger partial charge in [-0.1, -0.05) is 12.1 Å². The maximum Gasteiger partial charge on any atom is 0.307 e. The van der Waals surface area contributed by atoms with Gasteiger partial charge >= 0.3 is 5.97 Å². The van der Waals surface area contributed by atoms with Gasteiger partial charge < -0.3 is 24.2 Å². The van der Waals surface area contributed by atoms with E-state index in [2.05, 4.69) is 26.5 Å². The molecule has 0 amide bonds. The van der Waals surface area contributed by atoms with E-state index in [0.717, 1.165) is 23.2 Å². The molecule has 3 aromatic rings. The molecule has 0 bridgehead atoms. The first-order chi connectivity index (χ1) is 18.7. The Balaban J connectivity index is 1.39. The normalized spacial score (nSPS) is 12.9. The molecule has 0 unspecified atom stereocenters. The Morgan fingerprint density at radius 3 is 2.79 bits per heavy atom. The number of benzene rings is 1. The number of nitrogens with one attached hydrogen (secondary N) is 1. The molecule has 4 rings (SSSR count). The van der Waals surface area contributed by atoms with Crippen molar-refractivity contribution in [2.24, 2.45) is 0 Å². The van der Waals surface area contributed by atoms with Crippen LogP contribution < -0.4 is 15.0 Å². The number of alkyl halides is 2. The fourth-order valence-electron chi connectivity index (χ4n) is 4.04. The van der Waals surface area contributed by atoms with Crippen LogP contribution in [0, 0.1) is 11.3 Å². The number of carbonyl (C=O) groups excluding carboxylic acids is 1. The molecule has 10 nitrogen and oxygen atoms in total. The summed E-state index contributed by atoms with van der Waals surface area (Å²) in [5.74, 6) is 0.114. The average Bonchev–Trinajstić information content (AvgIpc) is 3.56. The molecule has 0 atom stereocenters. The largest absolute Gasteiger partial charge is 0.468 e. The molecule has 1 N–H and O–H groups in total. The van der Waals surface area contributed by atoms with Gasteiger partial charge in [0.2, 0.25) is 5.88 Å². The number of aromatic nitrogens is 3. The number of hydrogen-bond donors (Lipinski definition) is 1. The van der Waals surface area contributed by atoms with Crippen LogP contribution in [0.15, 0.2) is 35.0 Å². The third-order valence-electron chi connectivity index (χ3n) is 5.79. The van der Waals surface area contributed by atoms with Crippen molar-refractivity contribution >= 4 is 17.6 Å². The summed E-state index contributed by atoms with van der Waals surface area (Å²) in [5.41, 5.74) is 3.07. The Bertz CT molecular complexity index is 1350. The number of esters is 1.